The molecule has 0 fully saturated rings. The molecular weight excluding hydrogens is 322 g/mol. The van der Waals surface area contributed by atoms with Crippen LogP contribution in [0.5, 0.6) is 5.75 Å². The normalized spacial score (nSPS) is 10.2. The van der Waals surface area contributed by atoms with Gasteiger partial charge in [-0.05, 0) is 37.3 Å². The Bertz CT molecular complexity index is 717. The number of carbonyl (C=O) groups is 2. The van der Waals surface area contributed by atoms with Gasteiger partial charge < -0.3 is 20.1 Å². The predicted octanol–water partition coefficient (Wildman–Crippen LogP) is 2.11. The Morgan fingerprint density at radius 3 is 2.40 bits per heavy atom. The second kappa shape index (κ2) is 9.39. The Kier molecular flexibility index (Phi) is 6.91. The average molecular weight is 343 g/mol. The lowest BCUT2D eigenvalue weighted by Gasteiger charge is -2.08. The number of hydrogen-bond acceptors (Lipinski definition) is 5. The molecule has 0 saturated carbocycles. The minimum absolute atomic E-state index is 0.299. The topological polar surface area (TPSA) is 89.5 Å². The van der Waals surface area contributed by atoms with Gasteiger partial charge in [0.1, 0.15) is 5.75 Å². The van der Waals surface area contributed by atoms with E-state index in [-0.39, 0.29) is 11.8 Å². The monoisotopic (exact) mass is 343 g/mol. The molecule has 2 rings (SSSR count). The van der Waals surface area contributed by atoms with Crippen LogP contribution in [0.1, 0.15) is 27.6 Å². The fraction of sp³-hybridized carbons (Fsp3) is 0.278. The molecule has 132 valence electrons. The number of nitrogens with one attached hydrogen (secondary N) is 2. The molecule has 2 amide bonds. The molecule has 7 nitrogen and oxygen atoms in total. The molecule has 0 atom stereocenters. The minimum atomic E-state index is -0.344. The lowest BCUT2D eigenvalue weighted by atomic mass is 10.2. The number of hydrogen-bond donors (Lipinski definition) is 2. The highest BCUT2D eigenvalue weighted by atomic mass is 16.5. The summed E-state index contributed by atoms with van der Waals surface area (Å²) in [5.74, 6) is 0.0837. The second-order valence-corrected chi connectivity index (χ2v) is 5.12. The first-order valence-corrected chi connectivity index (χ1v) is 7.90. The summed E-state index contributed by atoms with van der Waals surface area (Å²) in [6, 6.07) is 8.54. The van der Waals surface area contributed by atoms with E-state index in [9.17, 15) is 9.59 Å². The van der Waals surface area contributed by atoms with Crippen LogP contribution in [-0.2, 0) is 4.74 Å². The van der Waals surface area contributed by atoms with Gasteiger partial charge in [-0.2, -0.15) is 0 Å². The van der Waals surface area contributed by atoms with Crippen molar-refractivity contribution in [1.29, 1.82) is 0 Å². The van der Waals surface area contributed by atoms with E-state index in [1.807, 2.05) is 6.92 Å². The summed E-state index contributed by atoms with van der Waals surface area (Å²) in [4.78, 5) is 28.3. The quantitative estimate of drug-likeness (QED) is 0.717. The van der Waals surface area contributed by atoms with Crippen LogP contribution in [0.25, 0.3) is 0 Å². The summed E-state index contributed by atoms with van der Waals surface area (Å²) >= 11 is 0. The molecule has 0 saturated heterocycles. The summed E-state index contributed by atoms with van der Waals surface area (Å²) < 4.78 is 10.2. The van der Waals surface area contributed by atoms with Crippen LogP contribution >= 0.6 is 0 Å². The van der Waals surface area contributed by atoms with Gasteiger partial charge >= 0.3 is 0 Å². The number of nitrogens with zero attached hydrogens (tertiary/aromatic N) is 1. The van der Waals surface area contributed by atoms with Gasteiger partial charge in [-0.1, -0.05) is 0 Å². The van der Waals surface area contributed by atoms with Crippen molar-refractivity contribution >= 4 is 17.5 Å². The van der Waals surface area contributed by atoms with Crippen molar-refractivity contribution in [1.82, 2.24) is 10.3 Å². The second-order valence-electron chi connectivity index (χ2n) is 5.12. The highest BCUT2D eigenvalue weighted by Crippen LogP contribution is 2.16. The summed E-state index contributed by atoms with van der Waals surface area (Å²) in [6.07, 6.45) is 2.83. The Morgan fingerprint density at radius 1 is 1.08 bits per heavy atom. The molecule has 25 heavy (non-hydrogen) atoms. The number of methoxy groups -OCH3 is 1. The Labute approximate surface area is 146 Å². The summed E-state index contributed by atoms with van der Waals surface area (Å²) in [7, 11) is 1.56. The SMILES string of the molecule is CCOc1ccc(NC(=O)c2cncc(C(=O)NCCOC)c2)cc1. The highest BCUT2D eigenvalue weighted by Gasteiger charge is 2.11. The van der Waals surface area contributed by atoms with Crippen LogP contribution in [0, 0.1) is 0 Å². The van der Waals surface area contributed by atoms with Crippen molar-refractivity contribution in [3.05, 3.63) is 53.9 Å². The summed E-state index contributed by atoms with van der Waals surface area (Å²) in [5.41, 5.74) is 1.24. The third kappa shape index (κ3) is 5.58. The maximum absolute atomic E-state index is 12.3. The Morgan fingerprint density at radius 2 is 1.76 bits per heavy atom. The lowest BCUT2D eigenvalue weighted by molar-refractivity contribution is 0.0936. The van der Waals surface area contributed by atoms with Crippen LogP contribution in [-0.4, -0.2) is 43.7 Å². The van der Waals surface area contributed by atoms with Crippen molar-refractivity contribution in [2.24, 2.45) is 0 Å². The van der Waals surface area contributed by atoms with E-state index < -0.39 is 0 Å². The van der Waals surface area contributed by atoms with Gasteiger partial charge in [0.15, 0.2) is 0 Å². The number of amides is 2. The van der Waals surface area contributed by atoms with Gasteiger partial charge in [0.2, 0.25) is 0 Å². The molecular formula is C18H21N3O4. The smallest absolute Gasteiger partial charge is 0.257 e. The molecule has 2 N–H and O–H groups in total. The molecule has 0 bridgehead atoms. The zero-order valence-electron chi connectivity index (χ0n) is 14.2. The van der Waals surface area contributed by atoms with Gasteiger partial charge in [0.25, 0.3) is 11.8 Å². The molecule has 1 heterocycles. The van der Waals surface area contributed by atoms with E-state index >= 15 is 0 Å². The average Bonchev–Trinajstić information content (AvgIpc) is 2.64. The maximum Gasteiger partial charge on any atom is 0.257 e. The van der Waals surface area contributed by atoms with Crippen LogP contribution < -0.4 is 15.4 Å². The predicted molar refractivity (Wildman–Crippen MR) is 94.0 cm³/mol. The van der Waals surface area contributed by atoms with E-state index in [1.165, 1.54) is 18.5 Å². The molecule has 0 aliphatic heterocycles. The van der Waals surface area contributed by atoms with E-state index in [2.05, 4.69) is 15.6 Å². The van der Waals surface area contributed by atoms with E-state index in [4.69, 9.17) is 9.47 Å². The first-order valence-electron chi connectivity index (χ1n) is 7.90. The highest BCUT2D eigenvalue weighted by molar-refractivity contribution is 6.05. The van der Waals surface area contributed by atoms with Crippen LogP contribution in [0.3, 0.4) is 0 Å². The minimum Gasteiger partial charge on any atom is -0.494 e. The molecule has 1 aromatic heterocycles. The standard InChI is InChI=1S/C18H21N3O4/c1-3-25-16-6-4-15(5-7-16)21-18(23)14-10-13(11-19-12-14)17(22)20-8-9-24-2/h4-7,10-12H,3,8-9H2,1-2H3,(H,20,22)(H,21,23). The fourth-order valence-corrected chi connectivity index (χ4v) is 2.06. The fourth-order valence-electron chi connectivity index (χ4n) is 2.06. The number of benzene rings is 1. The number of ether oxygens (including phenoxy) is 2. The van der Waals surface area contributed by atoms with Crippen LogP contribution in [0.4, 0.5) is 5.69 Å². The number of aromatic nitrogens is 1. The van der Waals surface area contributed by atoms with E-state index in [0.29, 0.717) is 36.6 Å². The third-order valence-corrected chi connectivity index (χ3v) is 3.28. The largest absolute Gasteiger partial charge is 0.494 e. The number of carbonyl (C=O) groups excluding carboxylic acids is 2. The summed E-state index contributed by atoms with van der Waals surface area (Å²) in [6.45, 7) is 3.28. The zero-order chi connectivity index (χ0) is 18.1. The summed E-state index contributed by atoms with van der Waals surface area (Å²) in [5, 5.41) is 5.44. The van der Waals surface area contributed by atoms with Gasteiger partial charge in [-0.25, -0.2) is 0 Å². The maximum atomic E-state index is 12.3. The van der Waals surface area contributed by atoms with Gasteiger partial charge in [0.05, 0.1) is 24.3 Å². The van der Waals surface area contributed by atoms with E-state index in [0.717, 1.165) is 5.75 Å². The Hall–Kier alpha value is -2.93. The molecule has 0 spiro atoms. The van der Waals surface area contributed by atoms with Crippen molar-refractivity contribution in [2.45, 2.75) is 6.92 Å². The third-order valence-electron chi connectivity index (χ3n) is 3.28. The molecule has 0 aliphatic rings. The number of pyridine rings is 1. The van der Waals surface area contributed by atoms with Gasteiger partial charge in [0, 0.05) is 31.7 Å². The van der Waals surface area contributed by atoms with Gasteiger partial charge in [-0.15, -0.1) is 0 Å². The molecule has 7 heteroatoms. The molecule has 0 radical (unpaired) electrons. The molecule has 0 aliphatic carbocycles. The van der Waals surface area contributed by atoms with E-state index in [1.54, 1.807) is 31.4 Å². The number of anilines is 1. The van der Waals surface area contributed by atoms with Crippen molar-refractivity contribution < 1.29 is 19.1 Å². The molecule has 2 aromatic rings. The zero-order valence-corrected chi connectivity index (χ0v) is 14.2. The Balaban J connectivity index is 2.01. The molecule has 1 aromatic carbocycles. The molecule has 0 unspecified atom stereocenters. The number of rotatable bonds is 8. The van der Waals surface area contributed by atoms with Crippen molar-refractivity contribution in [2.75, 3.05) is 32.2 Å². The lowest BCUT2D eigenvalue weighted by Crippen LogP contribution is -2.27. The van der Waals surface area contributed by atoms with Crippen LogP contribution in [0.2, 0.25) is 0 Å². The first-order chi connectivity index (χ1) is 12.1. The van der Waals surface area contributed by atoms with Crippen molar-refractivity contribution in [3.8, 4) is 5.75 Å². The first kappa shape index (κ1) is 18.4. The van der Waals surface area contributed by atoms with Gasteiger partial charge in [-0.3, -0.25) is 14.6 Å². The van der Waals surface area contributed by atoms with Crippen molar-refractivity contribution in [3.63, 3.8) is 0 Å². The van der Waals surface area contributed by atoms with Crippen LogP contribution in [0.15, 0.2) is 42.7 Å².